The van der Waals surface area contributed by atoms with Crippen molar-refractivity contribution >= 4 is 11.3 Å². The second kappa shape index (κ2) is 7.33. The number of benzene rings is 1. The first-order valence-corrected chi connectivity index (χ1v) is 9.33. The Labute approximate surface area is 160 Å². The summed E-state index contributed by atoms with van der Waals surface area (Å²) in [6.07, 6.45) is 0.547. The largest absolute Gasteiger partial charge is 0.497 e. The SMILES string of the molecule is COc1ccc(-c2nc3ccnn3c(C(F)(F)F)c2N2CCCCCC2)cc1. The van der Waals surface area contributed by atoms with Crippen LogP contribution in [0.4, 0.5) is 18.9 Å². The quantitative estimate of drug-likeness (QED) is 0.644. The summed E-state index contributed by atoms with van der Waals surface area (Å²) < 4.78 is 48.7. The molecular formula is C20H21F3N4O. The molecule has 8 heteroatoms. The molecule has 4 rings (SSSR count). The molecule has 0 aliphatic carbocycles. The number of hydrogen-bond donors (Lipinski definition) is 0. The Hall–Kier alpha value is -2.77. The van der Waals surface area contributed by atoms with E-state index < -0.39 is 11.9 Å². The first-order chi connectivity index (χ1) is 13.5. The predicted molar refractivity (Wildman–Crippen MR) is 101 cm³/mol. The lowest BCUT2D eigenvalue weighted by molar-refractivity contribution is -0.142. The fraction of sp³-hybridized carbons (Fsp3) is 0.400. The van der Waals surface area contributed by atoms with Gasteiger partial charge in [0.1, 0.15) is 5.75 Å². The fourth-order valence-corrected chi connectivity index (χ4v) is 3.73. The molecule has 148 valence electrons. The molecule has 1 aliphatic heterocycles. The third-order valence-electron chi connectivity index (χ3n) is 5.06. The molecule has 3 aromatic rings. The van der Waals surface area contributed by atoms with Gasteiger partial charge < -0.3 is 9.64 Å². The van der Waals surface area contributed by atoms with E-state index in [4.69, 9.17) is 4.74 Å². The second-order valence-corrected chi connectivity index (χ2v) is 6.89. The molecular weight excluding hydrogens is 369 g/mol. The smallest absolute Gasteiger partial charge is 0.435 e. The summed E-state index contributed by atoms with van der Waals surface area (Å²) in [5.41, 5.74) is 0.460. The summed E-state index contributed by atoms with van der Waals surface area (Å²) >= 11 is 0. The Morgan fingerprint density at radius 2 is 1.64 bits per heavy atom. The molecule has 1 aromatic carbocycles. The van der Waals surface area contributed by atoms with Crippen molar-refractivity contribution in [3.8, 4) is 17.0 Å². The molecule has 5 nitrogen and oxygen atoms in total. The number of rotatable bonds is 3. The normalized spacial score (nSPS) is 15.6. The van der Waals surface area contributed by atoms with Crippen LogP contribution in [0.2, 0.25) is 0 Å². The van der Waals surface area contributed by atoms with Crippen LogP contribution in [0.5, 0.6) is 5.75 Å². The summed E-state index contributed by atoms with van der Waals surface area (Å²) in [6, 6.07) is 8.45. The molecule has 28 heavy (non-hydrogen) atoms. The molecule has 0 bridgehead atoms. The number of ether oxygens (including phenoxy) is 1. The van der Waals surface area contributed by atoms with Gasteiger partial charge in [0.2, 0.25) is 0 Å². The highest BCUT2D eigenvalue weighted by Crippen LogP contribution is 2.42. The van der Waals surface area contributed by atoms with E-state index in [1.807, 2.05) is 4.90 Å². The topological polar surface area (TPSA) is 42.7 Å². The third kappa shape index (κ3) is 3.39. The highest BCUT2D eigenvalue weighted by molar-refractivity contribution is 5.79. The average Bonchev–Trinajstić information content (AvgIpc) is 2.98. The Morgan fingerprint density at radius 3 is 2.25 bits per heavy atom. The standard InChI is InChI=1S/C20H21F3N4O/c1-28-15-8-6-14(7-9-15)17-18(26-12-4-2-3-5-13-26)19(20(21,22)23)27-16(25-17)10-11-24-27/h6-11H,2-5,12-13H2,1H3. The van der Waals surface area contributed by atoms with Crippen LogP contribution >= 0.6 is 0 Å². The van der Waals surface area contributed by atoms with E-state index in [0.29, 0.717) is 30.1 Å². The number of alkyl halides is 3. The highest BCUT2D eigenvalue weighted by Gasteiger charge is 2.41. The molecule has 3 heterocycles. The maximum Gasteiger partial charge on any atom is 0.435 e. The van der Waals surface area contributed by atoms with Crippen molar-refractivity contribution in [2.75, 3.05) is 25.1 Å². The monoisotopic (exact) mass is 390 g/mol. The van der Waals surface area contributed by atoms with Gasteiger partial charge in [-0.2, -0.15) is 18.3 Å². The van der Waals surface area contributed by atoms with Gasteiger partial charge in [0, 0.05) is 24.7 Å². The minimum Gasteiger partial charge on any atom is -0.497 e. The van der Waals surface area contributed by atoms with E-state index in [-0.39, 0.29) is 11.3 Å². The van der Waals surface area contributed by atoms with Crippen LogP contribution < -0.4 is 9.64 Å². The first kappa shape index (κ1) is 18.6. The van der Waals surface area contributed by atoms with Gasteiger partial charge in [-0.1, -0.05) is 12.8 Å². The molecule has 0 unspecified atom stereocenters. The van der Waals surface area contributed by atoms with Crippen molar-refractivity contribution in [2.24, 2.45) is 0 Å². The zero-order valence-electron chi connectivity index (χ0n) is 15.5. The number of fused-ring (bicyclic) bond motifs is 1. The van der Waals surface area contributed by atoms with E-state index in [0.717, 1.165) is 30.2 Å². The van der Waals surface area contributed by atoms with Crippen LogP contribution in [0.1, 0.15) is 31.4 Å². The van der Waals surface area contributed by atoms with Gasteiger partial charge in [-0.25, -0.2) is 9.50 Å². The number of anilines is 1. The van der Waals surface area contributed by atoms with Crippen molar-refractivity contribution in [2.45, 2.75) is 31.9 Å². The maximum absolute atomic E-state index is 14.2. The zero-order chi connectivity index (χ0) is 19.7. The van der Waals surface area contributed by atoms with Crippen LogP contribution in [-0.4, -0.2) is 34.8 Å². The molecule has 1 aliphatic rings. The molecule has 0 N–H and O–H groups in total. The highest BCUT2D eigenvalue weighted by atomic mass is 19.4. The third-order valence-corrected chi connectivity index (χ3v) is 5.06. The first-order valence-electron chi connectivity index (χ1n) is 9.33. The van der Waals surface area contributed by atoms with Crippen molar-refractivity contribution in [3.05, 3.63) is 42.2 Å². The molecule has 0 saturated carbocycles. The number of nitrogens with zero attached hydrogens (tertiary/aromatic N) is 4. The van der Waals surface area contributed by atoms with Crippen LogP contribution in [0, 0.1) is 0 Å². The lowest BCUT2D eigenvalue weighted by atomic mass is 10.1. The van der Waals surface area contributed by atoms with E-state index in [1.165, 1.54) is 12.3 Å². The maximum atomic E-state index is 14.2. The minimum atomic E-state index is -4.56. The van der Waals surface area contributed by atoms with Crippen LogP contribution in [0.3, 0.4) is 0 Å². The van der Waals surface area contributed by atoms with Crippen LogP contribution in [0.25, 0.3) is 16.9 Å². The van der Waals surface area contributed by atoms with Gasteiger partial charge >= 0.3 is 6.18 Å². The van der Waals surface area contributed by atoms with Crippen molar-refractivity contribution in [1.82, 2.24) is 14.6 Å². The number of hydrogen-bond acceptors (Lipinski definition) is 4. The number of methoxy groups -OCH3 is 1. The van der Waals surface area contributed by atoms with E-state index in [2.05, 4.69) is 10.1 Å². The Bertz CT molecular complexity index is 958. The average molecular weight is 390 g/mol. The second-order valence-electron chi connectivity index (χ2n) is 6.89. The minimum absolute atomic E-state index is 0.107. The van der Waals surface area contributed by atoms with Gasteiger partial charge in [-0.3, -0.25) is 0 Å². The zero-order valence-corrected chi connectivity index (χ0v) is 15.5. The van der Waals surface area contributed by atoms with E-state index in [1.54, 1.807) is 31.4 Å². The molecule has 0 spiro atoms. The fourth-order valence-electron chi connectivity index (χ4n) is 3.73. The van der Waals surface area contributed by atoms with Crippen molar-refractivity contribution in [3.63, 3.8) is 0 Å². The van der Waals surface area contributed by atoms with Gasteiger partial charge in [0.15, 0.2) is 11.3 Å². The molecule has 0 radical (unpaired) electrons. The van der Waals surface area contributed by atoms with Gasteiger partial charge in [0.05, 0.1) is 24.7 Å². The predicted octanol–water partition coefficient (Wildman–Crippen LogP) is 4.80. The molecule has 2 aromatic heterocycles. The molecule has 0 atom stereocenters. The lowest BCUT2D eigenvalue weighted by Gasteiger charge is -2.28. The number of halogens is 3. The summed E-state index contributed by atoms with van der Waals surface area (Å²) in [5, 5.41) is 3.91. The Kier molecular flexibility index (Phi) is 4.87. The molecule has 1 saturated heterocycles. The van der Waals surface area contributed by atoms with Gasteiger partial charge in [-0.15, -0.1) is 0 Å². The van der Waals surface area contributed by atoms with Crippen LogP contribution in [-0.2, 0) is 6.18 Å². The molecule has 0 amide bonds. The Balaban J connectivity index is 1.99. The van der Waals surface area contributed by atoms with Crippen molar-refractivity contribution < 1.29 is 17.9 Å². The summed E-state index contributed by atoms with van der Waals surface area (Å²) in [6.45, 7) is 1.14. The summed E-state index contributed by atoms with van der Waals surface area (Å²) in [7, 11) is 1.55. The summed E-state index contributed by atoms with van der Waals surface area (Å²) in [4.78, 5) is 6.38. The lowest BCUT2D eigenvalue weighted by Crippen LogP contribution is -2.30. The van der Waals surface area contributed by atoms with E-state index in [9.17, 15) is 13.2 Å². The van der Waals surface area contributed by atoms with Crippen molar-refractivity contribution in [1.29, 1.82) is 0 Å². The van der Waals surface area contributed by atoms with Gasteiger partial charge in [0.25, 0.3) is 0 Å². The van der Waals surface area contributed by atoms with E-state index >= 15 is 0 Å². The molecule has 1 fully saturated rings. The van der Waals surface area contributed by atoms with Gasteiger partial charge in [-0.05, 0) is 37.1 Å². The number of aromatic nitrogens is 3. The van der Waals surface area contributed by atoms with Crippen LogP contribution in [0.15, 0.2) is 36.5 Å². The Morgan fingerprint density at radius 1 is 0.964 bits per heavy atom. The summed E-state index contributed by atoms with van der Waals surface area (Å²) in [5.74, 6) is 0.640.